The minimum atomic E-state index is -0.905. The van der Waals surface area contributed by atoms with E-state index in [1.165, 1.54) is 0 Å². The van der Waals surface area contributed by atoms with Gasteiger partial charge in [-0.3, -0.25) is 4.79 Å². The fourth-order valence-electron chi connectivity index (χ4n) is 0.914. The van der Waals surface area contributed by atoms with Crippen molar-refractivity contribution in [3.63, 3.8) is 0 Å². The van der Waals surface area contributed by atoms with Gasteiger partial charge < -0.3 is 15.7 Å². The van der Waals surface area contributed by atoms with Crippen LogP contribution in [0.15, 0.2) is 0 Å². The summed E-state index contributed by atoms with van der Waals surface area (Å²) >= 11 is 0. The number of aliphatic carboxylic acids is 1. The zero-order chi connectivity index (χ0) is 9.90. The molecule has 0 bridgehead atoms. The molecule has 0 aliphatic heterocycles. The minimum Gasteiger partial charge on any atom is -0.481 e. The number of carbonyl (C=O) groups is 2. The number of carbonyl (C=O) groups excluding carboxylic acids is 1. The maximum absolute atomic E-state index is 11.1. The van der Waals surface area contributed by atoms with Gasteiger partial charge in [0.15, 0.2) is 0 Å². The number of rotatable bonds is 4. The number of carboxylic acids is 1. The molecule has 1 fully saturated rings. The molecule has 3 N–H and O–H groups in total. The first-order chi connectivity index (χ1) is 6.02. The third-order valence-electron chi connectivity index (χ3n) is 2.04. The van der Waals surface area contributed by atoms with Crippen molar-refractivity contribution in [2.45, 2.75) is 31.7 Å². The van der Waals surface area contributed by atoms with Gasteiger partial charge in [0.25, 0.3) is 0 Å². The maximum atomic E-state index is 11.1. The molecule has 0 radical (unpaired) electrons. The van der Waals surface area contributed by atoms with Gasteiger partial charge in [-0.2, -0.15) is 0 Å². The van der Waals surface area contributed by atoms with E-state index in [4.69, 9.17) is 5.11 Å². The van der Waals surface area contributed by atoms with Crippen molar-refractivity contribution < 1.29 is 14.7 Å². The lowest BCUT2D eigenvalue weighted by molar-refractivity contribution is -0.136. The molecule has 0 aromatic heterocycles. The first kappa shape index (κ1) is 9.83. The van der Waals surface area contributed by atoms with Crippen molar-refractivity contribution in [3.8, 4) is 0 Å². The van der Waals surface area contributed by atoms with Crippen molar-refractivity contribution in [3.05, 3.63) is 0 Å². The van der Waals surface area contributed by atoms with Gasteiger partial charge in [-0.05, 0) is 19.8 Å². The Morgan fingerprint density at radius 2 is 2.08 bits per heavy atom. The Morgan fingerprint density at radius 1 is 1.46 bits per heavy atom. The van der Waals surface area contributed by atoms with E-state index in [0.717, 1.165) is 12.8 Å². The second kappa shape index (κ2) is 3.64. The van der Waals surface area contributed by atoms with Crippen molar-refractivity contribution in [1.29, 1.82) is 0 Å². The molecular weight excluding hydrogens is 172 g/mol. The van der Waals surface area contributed by atoms with Crippen molar-refractivity contribution in [1.82, 2.24) is 10.6 Å². The van der Waals surface area contributed by atoms with E-state index in [2.05, 4.69) is 10.6 Å². The lowest BCUT2D eigenvalue weighted by Gasteiger charge is -2.11. The largest absolute Gasteiger partial charge is 0.481 e. The molecule has 1 rings (SSSR count). The maximum Gasteiger partial charge on any atom is 0.315 e. The van der Waals surface area contributed by atoms with Crippen LogP contribution in [-0.4, -0.2) is 29.2 Å². The first-order valence-electron chi connectivity index (χ1n) is 4.30. The van der Waals surface area contributed by atoms with Gasteiger partial charge in [-0.1, -0.05) is 0 Å². The van der Waals surface area contributed by atoms with Gasteiger partial charge in [-0.15, -0.1) is 0 Å². The number of carboxylic acid groups (broad SMARTS) is 1. The third-order valence-corrected chi connectivity index (χ3v) is 2.04. The predicted molar refractivity (Wildman–Crippen MR) is 46.4 cm³/mol. The van der Waals surface area contributed by atoms with Crippen LogP contribution in [0.2, 0.25) is 0 Å². The number of nitrogens with one attached hydrogen (secondary N) is 2. The van der Waals surface area contributed by atoms with Crippen LogP contribution < -0.4 is 10.6 Å². The lowest BCUT2D eigenvalue weighted by Crippen LogP contribution is -2.42. The first-order valence-corrected chi connectivity index (χ1v) is 4.30. The summed E-state index contributed by atoms with van der Waals surface area (Å²) in [4.78, 5) is 21.2. The highest BCUT2D eigenvalue weighted by Crippen LogP contribution is 2.33. The zero-order valence-electron chi connectivity index (χ0n) is 7.59. The molecule has 74 valence electrons. The topological polar surface area (TPSA) is 78.4 Å². The molecule has 0 atom stereocenters. The summed E-state index contributed by atoms with van der Waals surface area (Å²) in [5, 5.41) is 13.5. The van der Waals surface area contributed by atoms with Crippen LogP contribution in [0.4, 0.5) is 4.79 Å². The van der Waals surface area contributed by atoms with E-state index in [0.29, 0.717) is 0 Å². The fraction of sp³-hybridized carbons (Fsp3) is 0.750. The summed E-state index contributed by atoms with van der Waals surface area (Å²) in [5.41, 5.74) is -0.0483. The molecule has 13 heavy (non-hydrogen) atoms. The number of amides is 2. The Labute approximate surface area is 76.5 Å². The van der Waals surface area contributed by atoms with Crippen LogP contribution in [0.25, 0.3) is 0 Å². The minimum absolute atomic E-state index is 0.0376. The molecule has 1 aliphatic carbocycles. The Balaban J connectivity index is 2.07. The summed E-state index contributed by atoms with van der Waals surface area (Å²) in [7, 11) is 0. The Morgan fingerprint density at radius 3 is 2.54 bits per heavy atom. The normalized spacial score (nSPS) is 17.6. The fourth-order valence-corrected chi connectivity index (χ4v) is 0.914. The average Bonchev–Trinajstić information content (AvgIpc) is 2.66. The van der Waals surface area contributed by atoms with Crippen LogP contribution in [-0.2, 0) is 4.79 Å². The quantitative estimate of drug-likeness (QED) is 0.591. The summed E-state index contributed by atoms with van der Waals surface area (Å²) in [6.45, 7) is 2.14. The Kier molecular flexibility index (Phi) is 2.75. The highest BCUT2D eigenvalue weighted by atomic mass is 16.4. The van der Waals surface area contributed by atoms with E-state index >= 15 is 0 Å². The number of hydrogen-bond donors (Lipinski definition) is 3. The van der Waals surface area contributed by atoms with Crippen LogP contribution >= 0.6 is 0 Å². The van der Waals surface area contributed by atoms with Gasteiger partial charge >= 0.3 is 12.0 Å². The van der Waals surface area contributed by atoms with Gasteiger partial charge in [0.05, 0.1) is 6.42 Å². The molecule has 0 aromatic rings. The second-order valence-electron chi connectivity index (χ2n) is 3.59. The standard InChI is InChI=1S/C8H14N2O3/c1-8(3-4-8)10-7(13)9-5-2-6(11)12/h2-5H2,1H3,(H,11,12)(H2,9,10,13). The lowest BCUT2D eigenvalue weighted by atomic mass is 10.3. The smallest absolute Gasteiger partial charge is 0.315 e. The van der Waals surface area contributed by atoms with Crippen molar-refractivity contribution in [2.75, 3.05) is 6.54 Å². The van der Waals surface area contributed by atoms with Gasteiger partial charge in [0.1, 0.15) is 0 Å². The molecule has 5 heteroatoms. The molecule has 5 nitrogen and oxygen atoms in total. The molecule has 2 amide bonds. The molecule has 1 saturated carbocycles. The van der Waals surface area contributed by atoms with E-state index in [1.54, 1.807) is 0 Å². The molecule has 0 saturated heterocycles. The average molecular weight is 186 g/mol. The number of hydrogen-bond acceptors (Lipinski definition) is 2. The summed E-state index contributed by atoms with van der Waals surface area (Å²) in [6, 6.07) is -0.277. The Bertz CT molecular complexity index is 223. The third kappa shape index (κ3) is 3.78. The predicted octanol–water partition coefficient (Wildman–Crippen LogP) is 0.313. The highest BCUT2D eigenvalue weighted by Gasteiger charge is 2.38. The van der Waals surface area contributed by atoms with Gasteiger partial charge in [0, 0.05) is 12.1 Å². The Hall–Kier alpha value is -1.26. The highest BCUT2D eigenvalue weighted by molar-refractivity contribution is 5.76. The van der Waals surface area contributed by atoms with Crippen LogP contribution in [0, 0.1) is 0 Å². The molecule has 0 unspecified atom stereocenters. The van der Waals surface area contributed by atoms with Crippen LogP contribution in [0.1, 0.15) is 26.2 Å². The van der Waals surface area contributed by atoms with E-state index in [9.17, 15) is 9.59 Å². The second-order valence-corrected chi connectivity index (χ2v) is 3.59. The van der Waals surface area contributed by atoms with Crippen LogP contribution in [0.3, 0.4) is 0 Å². The van der Waals surface area contributed by atoms with Crippen molar-refractivity contribution in [2.24, 2.45) is 0 Å². The molecule has 0 aromatic carbocycles. The summed E-state index contributed by atoms with van der Waals surface area (Å²) in [5.74, 6) is -0.905. The molecule has 0 spiro atoms. The van der Waals surface area contributed by atoms with E-state index in [-0.39, 0.29) is 24.5 Å². The SMILES string of the molecule is CC1(NC(=O)NCCC(=O)O)CC1. The molecule has 0 heterocycles. The summed E-state index contributed by atoms with van der Waals surface area (Å²) in [6.07, 6.45) is 1.96. The molecule has 1 aliphatic rings. The molecular formula is C8H14N2O3. The monoisotopic (exact) mass is 186 g/mol. The van der Waals surface area contributed by atoms with Gasteiger partial charge in [-0.25, -0.2) is 4.79 Å². The number of urea groups is 1. The van der Waals surface area contributed by atoms with E-state index in [1.807, 2.05) is 6.92 Å². The summed E-state index contributed by atoms with van der Waals surface area (Å²) < 4.78 is 0. The van der Waals surface area contributed by atoms with Gasteiger partial charge in [0.2, 0.25) is 0 Å². The van der Waals surface area contributed by atoms with E-state index < -0.39 is 5.97 Å². The zero-order valence-corrected chi connectivity index (χ0v) is 7.59. The van der Waals surface area contributed by atoms with Crippen LogP contribution in [0.5, 0.6) is 0 Å². The van der Waals surface area contributed by atoms with Crippen molar-refractivity contribution >= 4 is 12.0 Å².